The Balaban J connectivity index is 1.42. The van der Waals surface area contributed by atoms with Crippen molar-refractivity contribution in [3.63, 3.8) is 0 Å². The van der Waals surface area contributed by atoms with Crippen LogP contribution in [0.2, 0.25) is 5.02 Å². The molecule has 0 aromatic heterocycles. The lowest BCUT2D eigenvalue weighted by molar-refractivity contribution is 0.136. The molecule has 0 spiro atoms. The van der Waals surface area contributed by atoms with Gasteiger partial charge in [0.1, 0.15) is 0 Å². The molecule has 0 radical (unpaired) electrons. The van der Waals surface area contributed by atoms with E-state index in [4.69, 9.17) is 11.6 Å². The molecule has 3 aliphatic carbocycles. The highest BCUT2D eigenvalue weighted by Gasteiger charge is 2.48. The largest absolute Gasteiger partial charge is 0.310 e. The van der Waals surface area contributed by atoms with Gasteiger partial charge in [-0.2, -0.15) is 0 Å². The third kappa shape index (κ3) is 2.32. The van der Waals surface area contributed by atoms with Gasteiger partial charge in [-0.15, -0.1) is 0 Å². The Morgan fingerprint density at radius 2 is 1.68 bits per heavy atom. The molecule has 0 aliphatic heterocycles. The Morgan fingerprint density at radius 1 is 0.947 bits per heavy atom. The van der Waals surface area contributed by atoms with Crippen LogP contribution in [-0.4, -0.2) is 6.04 Å². The highest BCUT2D eigenvalue weighted by atomic mass is 35.5. The average molecular weight is 276 g/mol. The standard InChI is InChI=1S/C17H22ClN/c18-15-3-1-11(2-4-15)10-19-17-9-13-5-12-6-14(7-13)16(17)8-12/h1-4,12-14,16-17,19H,5-10H2. The molecule has 2 heteroatoms. The van der Waals surface area contributed by atoms with Crippen LogP contribution in [-0.2, 0) is 6.54 Å². The molecule has 102 valence electrons. The van der Waals surface area contributed by atoms with E-state index in [0.717, 1.165) is 41.3 Å². The van der Waals surface area contributed by atoms with Crippen molar-refractivity contribution in [2.45, 2.75) is 44.7 Å². The van der Waals surface area contributed by atoms with Crippen LogP contribution in [0.25, 0.3) is 0 Å². The molecule has 3 aliphatic rings. The van der Waals surface area contributed by atoms with Crippen LogP contribution < -0.4 is 5.32 Å². The topological polar surface area (TPSA) is 12.0 Å². The van der Waals surface area contributed by atoms with Gasteiger partial charge < -0.3 is 5.32 Å². The minimum absolute atomic E-state index is 0.770. The van der Waals surface area contributed by atoms with Crippen LogP contribution in [0.3, 0.4) is 0 Å². The molecule has 1 N–H and O–H groups in total. The lowest BCUT2D eigenvalue weighted by atomic mass is 9.70. The van der Waals surface area contributed by atoms with Crippen molar-refractivity contribution in [2.75, 3.05) is 0 Å². The van der Waals surface area contributed by atoms with Crippen molar-refractivity contribution in [3.05, 3.63) is 34.9 Å². The highest BCUT2D eigenvalue weighted by molar-refractivity contribution is 6.30. The van der Waals surface area contributed by atoms with Gasteiger partial charge in [0, 0.05) is 17.6 Å². The SMILES string of the molecule is Clc1ccc(CNC2CC3CC4CC(C3)C2C4)cc1. The fourth-order valence-electron chi connectivity index (χ4n) is 5.04. The Labute approximate surface area is 120 Å². The predicted octanol–water partition coefficient (Wildman–Crippen LogP) is 4.25. The summed E-state index contributed by atoms with van der Waals surface area (Å²) in [5.41, 5.74) is 1.36. The third-order valence-corrected chi connectivity index (χ3v) is 5.99. The first-order chi connectivity index (χ1) is 9.28. The summed E-state index contributed by atoms with van der Waals surface area (Å²) < 4.78 is 0. The van der Waals surface area contributed by atoms with Crippen molar-refractivity contribution < 1.29 is 0 Å². The maximum Gasteiger partial charge on any atom is 0.0406 e. The van der Waals surface area contributed by atoms with Crippen molar-refractivity contribution in [1.29, 1.82) is 0 Å². The molecular weight excluding hydrogens is 254 g/mol. The first kappa shape index (κ1) is 12.2. The maximum atomic E-state index is 5.94. The minimum Gasteiger partial charge on any atom is -0.310 e. The van der Waals surface area contributed by atoms with E-state index in [-0.39, 0.29) is 0 Å². The number of hydrogen-bond donors (Lipinski definition) is 1. The van der Waals surface area contributed by atoms with Crippen LogP contribution in [0.15, 0.2) is 24.3 Å². The lowest BCUT2D eigenvalue weighted by Crippen LogP contribution is -2.42. The van der Waals surface area contributed by atoms with Gasteiger partial charge in [0.2, 0.25) is 0 Å². The Bertz CT molecular complexity index is 453. The van der Waals surface area contributed by atoms with Gasteiger partial charge >= 0.3 is 0 Å². The molecule has 3 fully saturated rings. The van der Waals surface area contributed by atoms with E-state index in [0.29, 0.717) is 0 Å². The second-order valence-electron chi connectivity index (χ2n) is 6.95. The molecule has 5 unspecified atom stereocenters. The van der Waals surface area contributed by atoms with E-state index in [1.165, 1.54) is 37.7 Å². The molecule has 19 heavy (non-hydrogen) atoms. The first-order valence-corrected chi connectivity index (χ1v) is 8.13. The molecular formula is C17H22ClN. The molecule has 1 nitrogen and oxygen atoms in total. The Kier molecular flexibility index (Phi) is 3.08. The normalized spacial score (nSPS) is 39.7. The van der Waals surface area contributed by atoms with E-state index in [1.807, 2.05) is 12.1 Å². The van der Waals surface area contributed by atoms with Crippen molar-refractivity contribution in [2.24, 2.45) is 23.7 Å². The Morgan fingerprint density at radius 3 is 2.47 bits per heavy atom. The lowest BCUT2D eigenvalue weighted by Gasteiger charge is -2.40. The van der Waals surface area contributed by atoms with E-state index in [9.17, 15) is 0 Å². The summed E-state index contributed by atoms with van der Waals surface area (Å²) in [4.78, 5) is 0. The number of benzene rings is 1. The van der Waals surface area contributed by atoms with Crippen molar-refractivity contribution in [3.8, 4) is 0 Å². The van der Waals surface area contributed by atoms with Gasteiger partial charge in [0.05, 0.1) is 0 Å². The molecule has 3 bridgehead atoms. The molecule has 5 atom stereocenters. The van der Waals surface area contributed by atoms with E-state index >= 15 is 0 Å². The monoisotopic (exact) mass is 275 g/mol. The van der Waals surface area contributed by atoms with Gasteiger partial charge in [-0.25, -0.2) is 0 Å². The summed E-state index contributed by atoms with van der Waals surface area (Å²) in [5, 5.41) is 4.67. The van der Waals surface area contributed by atoms with E-state index < -0.39 is 0 Å². The molecule has 0 saturated heterocycles. The first-order valence-electron chi connectivity index (χ1n) is 7.76. The molecule has 0 heterocycles. The highest BCUT2D eigenvalue weighted by Crippen LogP contribution is 2.55. The number of nitrogens with one attached hydrogen (secondary N) is 1. The van der Waals surface area contributed by atoms with Gasteiger partial charge in [0.25, 0.3) is 0 Å². The fraction of sp³-hybridized carbons (Fsp3) is 0.647. The fourth-order valence-corrected chi connectivity index (χ4v) is 5.17. The smallest absolute Gasteiger partial charge is 0.0406 e. The molecule has 3 saturated carbocycles. The number of rotatable bonds is 3. The second-order valence-corrected chi connectivity index (χ2v) is 7.38. The van der Waals surface area contributed by atoms with Gasteiger partial charge in [-0.05, 0) is 73.5 Å². The van der Waals surface area contributed by atoms with E-state index in [2.05, 4.69) is 17.4 Å². The van der Waals surface area contributed by atoms with Gasteiger partial charge in [-0.1, -0.05) is 23.7 Å². The summed E-state index contributed by atoms with van der Waals surface area (Å²) in [5.74, 6) is 4.09. The summed E-state index contributed by atoms with van der Waals surface area (Å²) in [7, 11) is 0. The molecule has 1 aromatic carbocycles. The van der Waals surface area contributed by atoms with Gasteiger partial charge in [0.15, 0.2) is 0 Å². The Hall–Kier alpha value is -0.530. The number of halogens is 1. The van der Waals surface area contributed by atoms with Crippen LogP contribution in [0.4, 0.5) is 0 Å². The van der Waals surface area contributed by atoms with Crippen LogP contribution in [0, 0.1) is 23.7 Å². The van der Waals surface area contributed by atoms with Crippen molar-refractivity contribution >= 4 is 11.6 Å². The van der Waals surface area contributed by atoms with Crippen LogP contribution in [0.5, 0.6) is 0 Å². The number of hydrogen-bond acceptors (Lipinski definition) is 1. The summed E-state index contributed by atoms with van der Waals surface area (Å²) >= 11 is 5.94. The third-order valence-electron chi connectivity index (χ3n) is 5.74. The van der Waals surface area contributed by atoms with Crippen molar-refractivity contribution in [1.82, 2.24) is 5.32 Å². The zero-order valence-corrected chi connectivity index (χ0v) is 12.1. The minimum atomic E-state index is 0.770. The molecule has 0 amide bonds. The summed E-state index contributed by atoms with van der Waals surface area (Å²) in [6.45, 7) is 1.00. The van der Waals surface area contributed by atoms with Crippen LogP contribution in [0.1, 0.15) is 37.7 Å². The summed E-state index contributed by atoms with van der Waals surface area (Å²) in [6.07, 6.45) is 7.50. The summed E-state index contributed by atoms with van der Waals surface area (Å²) in [6, 6.07) is 9.05. The molecule has 4 rings (SSSR count). The van der Waals surface area contributed by atoms with Crippen LogP contribution >= 0.6 is 11.6 Å². The second kappa shape index (κ2) is 4.79. The van der Waals surface area contributed by atoms with Gasteiger partial charge in [-0.3, -0.25) is 0 Å². The molecule has 1 aromatic rings. The average Bonchev–Trinajstić information content (AvgIpc) is 2.63. The van der Waals surface area contributed by atoms with E-state index in [1.54, 1.807) is 0 Å². The zero-order valence-electron chi connectivity index (χ0n) is 11.3. The predicted molar refractivity (Wildman–Crippen MR) is 79.1 cm³/mol. The quantitative estimate of drug-likeness (QED) is 0.869. The maximum absolute atomic E-state index is 5.94. The zero-order chi connectivity index (χ0) is 12.8. The number of fused-ring (bicyclic) bond motifs is 2.